The van der Waals surface area contributed by atoms with Crippen LogP contribution in [0.5, 0.6) is 5.75 Å². The van der Waals surface area contributed by atoms with Crippen LogP contribution in [0.4, 0.5) is 13.2 Å². The minimum absolute atomic E-state index is 0.239. The Bertz CT molecular complexity index is 669. The number of halogens is 3. The molecule has 0 radical (unpaired) electrons. The molecule has 0 saturated carbocycles. The molecule has 0 unspecified atom stereocenters. The predicted octanol–water partition coefficient (Wildman–Crippen LogP) is 4.46. The first kappa shape index (κ1) is 14.9. The van der Waals surface area contributed by atoms with Crippen LogP contribution < -0.4 is 4.74 Å². The molecule has 0 heterocycles. The summed E-state index contributed by atoms with van der Waals surface area (Å²) in [5, 5.41) is 8.78. The second-order valence-corrected chi connectivity index (χ2v) is 4.56. The average Bonchev–Trinajstić information content (AvgIpc) is 2.45. The molecule has 0 atom stereocenters. The highest BCUT2D eigenvalue weighted by Gasteiger charge is 2.29. The molecule has 0 fully saturated rings. The summed E-state index contributed by atoms with van der Waals surface area (Å²) in [4.78, 5) is 0. The summed E-state index contributed by atoms with van der Waals surface area (Å²) in [5.41, 5.74) is 1.64. The third-order valence-electron chi connectivity index (χ3n) is 3.05. The van der Waals surface area contributed by atoms with Crippen molar-refractivity contribution >= 4 is 0 Å². The molecule has 2 aromatic carbocycles. The Hall–Kier alpha value is -2.48. The van der Waals surface area contributed by atoms with Crippen LogP contribution in [0.3, 0.4) is 0 Å². The van der Waals surface area contributed by atoms with Crippen LogP contribution in [-0.4, -0.2) is 0 Å². The molecule has 5 heteroatoms. The molecule has 0 saturated heterocycles. The lowest BCUT2D eigenvalue weighted by atomic mass is 10.1. The summed E-state index contributed by atoms with van der Waals surface area (Å²) in [6.07, 6.45) is -4.34. The maximum atomic E-state index is 12.4. The standard InChI is InChI=1S/C16H12F3NO/c1-11-8-12(9-20)2-3-13(11)10-21-15-6-4-14(5-7-15)16(17,18)19/h2-8H,10H2,1H3. The second kappa shape index (κ2) is 5.88. The van der Waals surface area contributed by atoms with Crippen LogP contribution in [0, 0.1) is 18.3 Å². The number of benzene rings is 2. The van der Waals surface area contributed by atoms with Crippen LogP contribution in [0.15, 0.2) is 42.5 Å². The molecule has 108 valence electrons. The Labute approximate surface area is 120 Å². The van der Waals surface area contributed by atoms with Crippen molar-refractivity contribution in [2.45, 2.75) is 19.7 Å². The second-order valence-electron chi connectivity index (χ2n) is 4.56. The lowest BCUT2D eigenvalue weighted by Gasteiger charge is -2.10. The van der Waals surface area contributed by atoms with Crippen molar-refractivity contribution in [3.8, 4) is 11.8 Å². The zero-order chi connectivity index (χ0) is 15.5. The quantitative estimate of drug-likeness (QED) is 0.836. The fourth-order valence-electron chi connectivity index (χ4n) is 1.83. The lowest BCUT2D eigenvalue weighted by Crippen LogP contribution is -2.04. The molecular weight excluding hydrogens is 279 g/mol. The van der Waals surface area contributed by atoms with E-state index in [0.717, 1.165) is 23.3 Å². The normalized spacial score (nSPS) is 11.0. The van der Waals surface area contributed by atoms with Crippen molar-refractivity contribution < 1.29 is 17.9 Å². The van der Waals surface area contributed by atoms with Gasteiger partial charge in [0.05, 0.1) is 17.2 Å². The summed E-state index contributed by atoms with van der Waals surface area (Å²) < 4.78 is 42.7. The molecule has 2 nitrogen and oxygen atoms in total. The van der Waals surface area contributed by atoms with Gasteiger partial charge in [0.15, 0.2) is 0 Å². The summed E-state index contributed by atoms with van der Waals surface area (Å²) in [7, 11) is 0. The van der Waals surface area contributed by atoms with Crippen molar-refractivity contribution in [3.05, 3.63) is 64.7 Å². The molecule has 0 spiro atoms. The van der Waals surface area contributed by atoms with Crippen LogP contribution in [0.25, 0.3) is 0 Å². The highest BCUT2D eigenvalue weighted by atomic mass is 19.4. The van der Waals surface area contributed by atoms with E-state index in [-0.39, 0.29) is 6.61 Å². The monoisotopic (exact) mass is 291 g/mol. The smallest absolute Gasteiger partial charge is 0.416 e. The van der Waals surface area contributed by atoms with Gasteiger partial charge in [-0.1, -0.05) is 6.07 Å². The minimum atomic E-state index is -4.34. The first-order chi connectivity index (χ1) is 9.90. The number of ether oxygens (including phenoxy) is 1. The van der Waals surface area contributed by atoms with E-state index in [1.54, 1.807) is 18.2 Å². The van der Waals surface area contributed by atoms with E-state index in [0.29, 0.717) is 11.3 Å². The number of nitrogens with zero attached hydrogens (tertiary/aromatic N) is 1. The highest BCUT2D eigenvalue weighted by Crippen LogP contribution is 2.30. The van der Waals surface area contributed by atoms with Gasteiger partial charge in [0, 0.05) is 0 Å². The van der Waals surface area contributed by atoms with Crippen LogP contribution in [0.2, 0.25) is 0 Å². The van der Waals surface area contributed by atoms with Gasteiger partial charge in [-0.25, -0.2) is 0 Å². The molecule has 0 amide bonds. The number of hydrogen-bond donors (Lipinski definition) is 0. The van der Waals surface area contributed by atoms with Crippen molar-refractivity contribution in [1.82, 2.24) is 0 Å². The Morgan fingerprint density at radius 3 is 2.29 bits per heavy atom. The van der Waals surface area contributed by atoms with E-state index in [1.165, 1.54) is 12.1 Å². The summed E-state index contributed by atoms with van der Waals surface area (Å²) in [6.45, 7) is 2.09. The van der Waals surface area contributed by atoms with Crippen molar-refractivity contribution in [2.24, 2.45) is 0 Å². The van der Waals surface area contributed by atoms with Crippen LogP contribution in [-0.2, 0) is 12.8 Å². The van der Waals surface area contributed by atoms with Gasteiger partial charge in [-0.15, -0.1) is 0 Å². The maximum Gasteiger partial charge on any atom is 0.416 e. The fraction of sp³-hybridized carbons (Fsp3) is 0.188. The molecule has 2 rings (SSSR count). The van der Waals surface area contributed by atoms with Crippen LogP contribution >= 0.6 is 0 Å². The van der Waals surface area contributed by atoms with Gasteiger partial charge in [-0.05, 0) is 54.4 Å². The number of rotatable bonds is 3. The van der Waals surface area contributed by atoms with E-state index in [4.69, 9.17) is 10.00 Å². The third-order valence-corrected chi connectivity index (χ3v) is 3.05. The Balaban J connectivity index is 2.05. The van der Waals surface area contributed by atoms with E-state index in [9.17, 15) is 13.2 Å². The zero-order valence-corrected chi connectivity index (χ0v) is 11.2. The minimum Gasteiger partial charge on any atom is -0.489 e. The molecule has 0 aliphatic rings. The van der Waals surface area contributed by atoms with Crippen molar-refractivity contribution in [3.63, 3.8) is 0 Å². The van der Waals surface area contributed by atoms with Gasteiger partial charge in [0.1, 0.15) is 12.4 Å². The van der Waals surface area contributed by atoms with Gasteiger partial charge in [-0.3, -0.25) is 0 Å². The third kappa shape index (κ3) is 3.76. The predicted molar refractivity (Wildman–Crippen MR) is 71.7 cm³/mol. The summed E-state index contributed by atoms with van der Waals surface area (Å²) >= 11 is 0. The average molecular weight is 291 g/mol. The van der Waals surface area contributed by atoms with Gasteiger partial charge in [-0.2, -0.15) is 18.4 Å². The topological polar surface area (TPSA) is 33.0 Å². The van der Waals surface area contributed by atoms with Gasteiger partial charge in [0.25, 0.3) is 0 Å². The van der Waals surface area contributed by atoms with E-state index < -0.39 is 11.7 Å². The van der Waals surface area contributed by atoms with Crippen molar-refractivity contribution in [1.29, 1.82) is 5.26 Å². The number of alkyl halides is 3. The van der Waals surface area contributed by atoms with E-state index in [2.05, 4.69) is 0 Å². The molecule has 21 heavy (non-hydrogen) atoms. The molecule has 0 bridgehead atoms. The number of hydrogen-bond acceptors (Lipinski definition) is 2. The number of aryl methyl sites for hydroxylation is 1. The summed E-state index contributed by atoms with van der Waals surface area (Å²) in [6, 6.07) is 11.8. The molecule has 0 aliphatic carbocycles. The first-order valence-corrected chi connectivity index (χ1v) is 6.20. The number of nitriles is 1. The SMILES string of the molecule is Cc1cc(C#N)ccc1COc1ccc(C(F)(F)F)cc1. The molecule has 0 aliphatic heterocycles. The van der Waals surface area contributed by atoms with Gasteiger partial charge < -0.3 is 4.74 Å². The van der Waals surface area contributed by atoms with E-state index in [1.807, 2.05) is 13.0 Å². The Kier molecular flexibility index (Phi) is 4.18. The first-order valence-electron chi connectivity index (χ1n) is 6.20. The summed E-state index contributed by atoms with van der Waals surface area (Å²) in [5.74, 6) is 0.367. The fourth-order valence-corrected chi connectivity index (χ4v) is 1.83. The van der Waals surface area contributed by atoms with E-state index >= 15 is 0 Å². The largest absolute Gasteiger partial charge is 0.489 e. The van der Waals surface area contributed by atoms with Gasteiger partial charge in [0.2, 0.25) is 0 Å². The molecule has 0 aromatic heterocycles. The zero-order valence-electron chi connectivity index (χ0n) is 11.2. The van der Waals surface area contributed by atoms with Crippen LogP contribution in [0.1, 0.15) is 22.3 Å². The molecular formula is C16H12F3NO. The van der Waals surface area contributed by atoms with Crippen molar-refractivity contribution in [2.75, 3.05) is 0 Å². The Morgan fingerprint density at radius 1 is 1.10 bits per heavy atom. The van der Waals surface area contributed by atoms with Gasteiger partial charge >= 0.3 is 6.18 Å². The highest BCUT2D eigenvalue weighted by molar-refractivity contribution is 5.37. The lowest BCUT2D eigenvalue weighted by molar-refractivity contribution is -0.137. The molecule has 2 aromatic rings. The molecule has 0 N–H and O–H groups in total. The Morgan fingerprint density at radius 2 is 1.76 bits per heavy atom. The maximum absolute atomic E-state index is 12.4.